The predicted molar refractivity (Wildman–Crippen MR) is 105 cm³/mol. The summed E-state index contributed by atoms with van der Waals surface area (Å²) in [6, 6.07) is 9.59. The minimum Gasteiger partial charge on any atom is -0.466 e. The number of para-hydroxylation sites is 1. The van der Waals surface area contributed by atoms with Crippen molar-refractivity contribution in [1.29, 1.82) is 0 Å². The van der Waals surface area contributed by atoms with Crippen molar-refractivity contribution < 1.29 is 14.0 Å². The van der Waals surface area contributed by atoms with Gasteiger partial charge in [-0.25, -0.2) is 0 Å². The van der Waals surface area contributed by atoms with E-state index in [0.29, 0.717) is 22.2 Å². The molecule has 0 saturated carbocycles. The second-order valence-electron chi connectivity index (χ2n) is 6.08. The van der Waals surface area contributed by atoms with Gasteiger partial charge in [0.15, 0.2) is 5.16 Å². The van der Waals surface area contributed by atoms with E-state index in [0.717, 1.165) is 17.7 Å². The topological polar surface area (TPSA) is 102 Å². The van der Waals surface area contributed by atoms with Crippen LogP contribution in [0.25, 0.3) is 5.69 Å². The quantitative estimate of drug-likeness (QED) is 0.488. The highest BCUT2D eigenvalue weighted by Gasteiger charge is 2.15. The van der Waals surface area contributed by atoms with E-state index in [1.807, 2.05) is 28.8 Å². The molecule has 3 aromatic rings. The third-order valence-electron chi connectivity index (χ3n) is 4.08. The number of rotatable bonds is 6. The van der Waals surface area contributed by atoms with Gasteiger partial charge in [0, 0.05) is 0 Å². The van der Waals surface area contributed by atoms with Gasteiger partial charge < -0.3 is 4.42 Å². The summed E-state index contributed by atoms with van der Waals surface area (Å²) in [6.07, 6.45) is 2.50. The average Bonchev–Trinajstić information content (AvgIpc) is 3.30. The molecule has 9 heteroatoms. The van der Waals surface area contributed by atoms with Crippen molar-refractivity contribution in [2.75, 3.05) is 5.75 Å². The molecule has 2 aromatic heterocycles. The highest BCUT2D eigenvalue weighted by Crippen LogP contribution is 2.22. The molecule has 2 amide bonds. The van der Waals surface area contributed by atoms with E-state index in [-0.39, 0.29) is 11.7 Å². The molecule has 0 fully saturated rings. The largest absolute Gasteiger partial charge is 0.466 e. The summed E-state index contributed by atoms with van der Waals surface area (Å²) in [6.45, 7) is 5.53. The summed E-state index contributed by atoms with van der Waals surface area (Å²) < 4.78 is 7.17. The van der Waals surface area contributed by atoms with Crippen LogP contribution in [0.2, 0.25) is 0 Å². The normalized spacial score (nSPS) is 10.7. The molecule has 0 aliphatic carbocycles. The summed E-state index contributed by atoms with van der Waals surface area (Å²) >= 11 is 1.24. The molecule has 2 N–H and O–H groups in total. The van der Waals surface area contributed by atoms with Crippen LogP contribution in [0.4, 0.5) is 0 Å². The number of nitrogens with zero attached hydrogens (tertiary/aromatic N) is 3. The van der Waals surface area contributed by atoms with E-state index in [1.54, 1.807) is 26.2 Å². The number of aryl methyl sites for hydroxylation is 3. The lowest BCUT2D eigenvalue weighted by molar-refractivity contribution is -0.119. The molecule has 0 bridgehead atoms. The molecule has 2 heterocycles. The second-order valence-corrected chi connectivity index (χ2v) is 7.03. The zero-order chi connectivity index (χ0) is 20.1. The Bertz CT molecular complexity index is 995. The summed E-state index contributed by atoms with van der Waals surface area (Å²) in [5.74, 6) is 0.441. The third-order valence-corrected chi connectivity index (χ3v) is 5.03. The number of hydrogen-bond acceptors (Lipinski definition) is 6. The maximum atomic E-state index is 12.1. The number of hydrogen-bond donors (Lipinski definition) is 2. The van der Waals surface area contributed by atoms with Gasteiger partial charge in [-0.3, -0.25) is 25.0 Å². The molecule has 1 aromatic carbocycles. The first kappa shape index (κ1) is 19.7. The molecule has 0 spiro atoms. The lowest BCUT2D eigenvalue weighted by Gasteiger charge is -2.10. The minimum atomic E-state index is -0.423. The summed E-state index contributed by atoms with van der Waals surface area (Å²) in [4.78, 5) is 24.2. The molecule has 0 aliphatic heterocycles. The van der Waals surface area contributed by atoms with Crippen LogP contribution in [0.15, 0.2) is 46.2 Å². The van der Waals surface area contributed by atoms with Crippen molar-refractivity contribution in [3.63, 3.8) is 0 Å². The SMILES string of the molecule is CCc1ccccc1-n1cnnc1SCC(=O)NNC(=O)c1cc(C)oc1C. The number of carbonyl (C=O) groups is 2. The van der Waals surface area contributed by atoms with E-state index >= 15 is 0 Å². The Morgan fingerprint density at radius 1 is 1.21 bits per heavy atom. The van der Waals surface area contributed by atoms with Crippen LogP contribution in [-0.2, 0) is 11.2 Å². The molecule has 8 nitrogen and oxygen atoms in total. The number of thioether (sulfide) groups is 1. The fraction of sp³-hybridized carbons (Fsp3) is 0.263. The average molecular weight is 399 g/mol. The zero-order valence-electron chi connectivity index (χ0n) is 15.9. The monoisotopic (exact) mass is 399 g/mol. The van der Waals surface area contributed by atoms with E-state index < -0.39 is 5.91 Å². The third kappa shape index (κ3) is 4.42. The Labute approximate surface area is 166 Å². The van der Waals surface area contributed by atoms with E-state index in [9.17, 15) is 9.59 Å². The van der Waals surface area contributed by atoms with Crippen molar-refractivity contribution in [2.24, 2.45) is 0 Å². The number of nitrogens with one attached hydrogen (secondary N) is 2. The Balaban J connectivity index is 1.58. The zero-order valence-corrected chi connectivity index (χ0v) is 16.7. The Morgan fingerprint density at radius 2 is 2.00 bits per heavy atom. The van der Waals surface area contributed by atoms with Crippen LogP contribution >= 0.6 is 11.8 Å². The standard InChI is InChI=1S/C19H21N5O3S/c1-4-14-7-5-6-8-16(14)24-11-20-23-19(24)28-10-17(25)21-22-18(26)15-9-12(2)27-13(15)3/h5-9,11H,4,10H2,1-3H3,(H,21,25)(H,22,26). The summed E-state index contributed by atoms with van der Waals surface area (Å²) in [5.41, 5.74) is 7.33. The molecular weight excluding hydrogens is 378 g/mol. The van der Waals surface area contributed by atoms with Gasteiger partial charge in [0.05, 0.1) is 17.0 Å². The minimum absolute atomic E-state index is 0.0800. The van der Waals surface area contributed by atoms with Crippen LogP contribution in [-0.4, -0.2) is 32.3 Å². The number of carbonyl (C=O) groups excluding carboxylic acids is 2. The van der Waals surface area contributed by atoms with Gasteiger partial charge in [-0.05, 0) is 38.0 Å². The Kier molecular flexibility index (Phi) is 6.15. The second kappa shape index (κ2) is 8.75. The van der Waals surface area contributed by atoms with Crippen LogP contribution < -0.4 is 10.9 Å². The van der Waals surface area contributed by atoms with E-state index in [4.69, 9.17) is 4.42 Å². The van der Waals surface area contributed by atoms with Crippen molar-refractivity contribution in [3.8, 4) is 5.69 Å². The lowest BCUT2D eigenvalue weighted by atomic mass is 10.1. The molecule has 28 heavy (non-hydrogen) atoms. The first-order chi connectivity index (χ1) is 13.5. The van der Waals surface area contributed by atoms with Crippen LogP contribution in [0.3, 0.4) is 0 Å². The van der Waals surface area contributed by atoms with Crippen molar-refractivity contribution in [3.05, 3.63) is 59.3 Å². The van der Waals surface area contributed by atoms with Gasteiger partial charge in [-0.1, -0.05) is 36.9 Å². The number of furan rings is 1. The van der Waals surface area contributed by atoms with Crippen molar-refractivity contribution >= 4 is 23.6 Å². The van der Waals surface area contributed by atoms with Gasteiger partial charge in [-0.15, -0.1) is 10.2 Å². The fourth-order valence-corrected chi connectivity index (χ4v) is 3.47. The first-order valence-corrected chi connectivity index (χ1v) is 9.75. The maximum absolute atomic E-state index is 12.1. The molecule has 3 rings (SSSR count). The molecule has 0 saturated heterocycles. The molecule has 146 valence electrons. The Morgan fingerprint density at radius 3 is 2.71 bits per heavy atom. The smallest absolute Gasteiger partial charge is 0.273 e. The molecule has 0 unspecified atom stereocenters. The molecule has 0 aliphatic rings. The van der Waals surface area contributed by atoms with Gasteiger partial charge in [0.25, 0.3) is 5.91 Å². The van der Waals surface area contributed by atoms with Gasteiger partial charge in [0.2, 0.25) is 5.91 Å². The van der Waals surface area contributed by atoms with Gasteiger partial charge >= 0.3 is 0 Å². The van der Waals surface area contributed by atoms with Crippen molar-refractivity contribution in [2.45, 2.75) is 32.3 Å². The molecule has 0 radical (unpaired) electrons. The first-order valence-electron chi connectivity index (χ1n) is 8.77. The molecular formula is C19H21N5O3S. The number of aromatic nitrogens is 3. The van der Waals surface area contributed by atoms with E-state index in [2.05, 4.69) is 28.0 Å². The van der Waals surface area contributed by atoms with Crippen molar-refractivity contribution in [1.82, 2.24) is 25.6 Å². The summed E-state index contributed by atoms with van der Waals surface area (Å²) in [7, 11) is 0. The van der Waals surface area contributed by atoms with E-state index in [1.165, 1.54) is 11.8 Å². The van der Waals surface area contributed by atoms with Crippen LogP contribution in [0.1, 0.15) is 34.4 Å². The fourth-order valence-electron chi connectivity index (χ4n) is 2.75. The maximum Gasteiger partial charge on any atom is 0.273 e. The van der Waals surface area contributed by atoms with Crippen LogP contribution in [0.5, 0.6) is 0 Å². The van der Waals surface area contributed by atoms with Crippen LogP contribution in [0, 0.1) is 13.8 Å². The Hall–Kier alpha value is -3.07. The van der Waals surface area contributed by atoms with Gasteiger partial charge in [0.1, 0.15) is 17.8 Å². The lowest BCUT2D eigenvalue weighted by Crippen LogP contribution is -2.42. The van der Waals surface area contributed by atoms with Gasteiger partial charge in [-0.2, -0.15) is 0 Å². The number of amides is 2. The summed E-state index contributed by atoms with van der Waals surface area (Å²) in [5, 5.41) is 8.65. The number of benzene rings is 1. The predicted octanol–water partition coefficient (Wildman–Crippen LogP) is 2.59. The highest BCUT2D eigenvalue weighted by atomic mass is 32.2. The number of hydrazine groups is 1. The highest BCUT2D eigenvalue weighted by molar-refractivity contribution is 7.99. The molecule has 0 atom stereocenters.